The van der Waals surface area contributed by atoms with E-state index in [9.17, 15) is 28.2 Å². The lowest BCUT2D eigenvalue weighted by Gasteiger charge is -2.12. The zero-order valence-electron chi connectivity index (χ0n) is 14.5. The number of carboxylic acid groups (broad SMARTS) is 1. The molecule has 0 spiro atoms. The smallest absolute Gasteiger partial charge is 0.341 e. The molecule has 0 fully saturated rings. The molecular formula is C21H11F3N2O3. The van der Waals surface area contributed by atoms with Gasteiger partial charge in [0.1, 0.15) is 22.6 Å². The fourth-order valence-corrected chi connectivity index (χ4v) is 3.02. The summed E-state index contributed by atoms with van der Waals surface area (Å²) in [7, 11) is 0. The number of rotatable bonds is 3. The average Bonchev–Trinajstić information content (AvgIpc) is 2.69. The lowest BCUT2D eigenvalue weighted by molar-refractivity contribution is 0.0696. The topological polar surface area (TPSA) is 83.3 Å². The summed E-state index contributed by atoms with van der Waals surface area (Å²) in [6.45, 7) is 0. The van der Waals surface area contributed by atoms with Gasteiger partial charge in [-0.15, -0.1) is 0 Å². The minimum atomic E-state index is -1.44. The van der Waals surface area contributed by atoms with Crippen molar-refractivity contribution in [2.24, 2.45) is 0 Å². The summed E-state index contributed by atoms with van der Waals surface area (Å²) in [5, 5.41) is 20.0. The Morgan fingerprint density at radius 2 is 1.72 bits per heavy atom. The highest BCUT2D eigenvalue weighted by Gasteiger charge is 2.22. The second-order valence-electron chi connectivity index (χ2n) is 6.22. The number of carboxylic acids is 1. The summed E-state index contributed by atoms with van der Waals surface area (Å²) in [6, 6.07) is 9.81. The number of hydrogen-bond acceptors (Lipinski definition) is 4. The standard InChI is InChI=1S/C21H11F3N2O3/c22-12-3-1-2-10(6-12)13-8-16-19(18(20(13)27)21(28)29)25-9-17(26-16)11-4-5-14(23)15(24)7-11/h1-9,27H,(H,28,29). The van der Waals surface area contributed by atoms with Gasteiger partial charge in [-0.2, -0.15) is 0 Å². The Hall–Kier alpha value is -3.94. The maximum absolute atomic E-state index is 13.6. The maximum Gasteiger partial charge on any atom is 0.341 e. The van der Waals surface area contributed by atoms with Gasteiger partial charge in [-0.3, -0.25) is 4.98 Å². The van der Waals surface area contributed by atoms with Gasteiger partial charge < -0.3 is 10.2 Å². The number of nitrogens with zero attached hydrogens (tertiary/aromatic N) is 2. The maximum atomic E-state index is 13.6. The Kier molecular flexibility index (Phi) is 4.38. The summed E-state index contributed by atoms with van der Waals surface area (Å²) in [5.41, 5.74) is 0.187. The lowest BCUT2D eigenvalue weighted by atomic mass is 9.99. The van der Waals surface area contributed by atoms with Gasteiger partial charge in [0.15, 0.2) is 11.6 Å². The first-order valence-corrected chi connectivity index (χ1v) is 8.32. The largest absolute Gasteiger partial charge is 0.506 e. The van der Waals surface area contributed by atoms with Crippen LogP contribution < -0.4 is 0 Å². The van der Waals surface area contributed by atoms with Crippen molar-refractivity contribution in [3.63, 3.8) is 0 Å². The zero-order chi connectivity index (χ0) is 20.7. The first-order valence-electron chi connectivity index (χ1n) is 8.32. The molecule has 0 aliphatic carbocycles. The summed E-state index contributed by atoms with van der Waals surface area (Å²) in [5.74, 6) is -4.68. The van der Waals surface area contributed by atoms with E-state index in [1.54, 1.807) is 0 Å². The molecule has 1 heterocycles. The number of aromatic carboxylic acids is 1. The van der Waals surface area contributed by atoms with Crippen molar-refractivity contribution >= 4 is 17.0 Å². The van der Waals surface area contributed by atoms with E-state index in [1.807, 2.05) is 0 Å². The van der Waals surface area contributed by atoms with Crippen molar-refractivity contribution in [2.75, 3.05) is 0 Å². The first kappa shape index (κ1) is 18.4. The van der Waals surface area contributed by atoms with Crippen LogP contribution >= 0.6 is 0 Å². The monoisotopic (exact) mass is 396 g/mol. The number of aromatic hydroxyl groups is 1. The van der Waals surface area contributed by atoms with Crippen LogP contribution in [0, 0.1) is 17.5 Å². The van der Waals surface area contributed by atoms with Crippen molar-refractivity contribution in [1.82, 2.24) is 9.97 Å². The molecule has 0 atom stereocenters. The van der Waals surface area contributed by atoms with Gasteiger partial charge in [0.25, 0.3) is 0 Å². The Bertz CT molecular complexity index is 1290. The number of halogens is 3. The number of carbonyl (C=O) groups is 1. The summed E-state index contributed by atoms with van der Waals surface area (Å²) in [4.78, 5) is 20.1. The molecule has 2 N–H and O–H groups in total. The third-order valence-electron chi connectivity index (χ3n) is 4.37. The molecule has 0 aliphatic heterocycles. The third kappa shape index (κ3) is 3.25. The predicted molar refractivity (Wildman–Crippen MR) is 98.9 cm³/mol. The van der Waals surface area contributed by atoms with E-state index in [-0.39, 0.29) is 33.4 Å². The van der Waals surface area contributed by atoms with E-state index < -0.39 is 34.7 Å². The van der Waals surface area contributed by atoms with E-state index in [0.29, 0.717) is 0 Å². The molecule has 0 saturated heterocycles. The van der Waals surface area contributed by atoms with Gasteiger partial charge in [0, 0.05) is 11.1 Å². The van der Waals surface area contributed by atoms with Crippen LogP contribution in [0.1, 0.15) is 10.4 Å². The molecule has 5 nitrogen and oxygen atoms in total. The number of benzene rings is 3. The molecule has 4 rings (SSSR count). The minimum absolute atomic E-state index is 0.0473. The van der Waals surface area contributed by atoms with Gasteiger partial charge in [-0.25, -0.2) is 22.9 Å². The molecule has 0 aliphatic rings. The number of fused-ring (bicyclic) bond motifs is 1. The van der Waals surface area contributed by atoms with Gasteiger partial charge in [-0.05, 0) is 42.0 Å². The van der Waals surface area contributed by atoms with E-state index in [2.05, 4.69) is 9.97 Å². The van der Waals surface area contributed by atoms with E-state index in [1.165, 1.54) is 36.5 Å². The zero-order valence-corrected chi connectivity index (χ0v) is 14.5. The van der Waals surface area contributed by atoms with Crippen LogP contribution in [0.3, 0.4) is 0 Å². The van der Waals surface area contributed by atoms with Crippen molar-refractivity contribution in [3.8, 4) is 28.1 Å². The van der Waals surface area contributed by atoms with Crippen LogP contribution in [0.15, 0.2) is 54.7 Å². The molecule has 0 saturated carbocycles. The fourth-order valence-electron chi connectivity index (χ4n) is 3.02. The van der Waals surface area contributed by atoms with Crippen LogP contribution in [-0.2, 0) is 0 Å². The fraction of sp³-hybridized carbons (Fsp3) is 0. The van der Waals surface area contributed by atoms with Gasteiger partial charge in [0.05, 0.1) is 17.4 Å². The molecule has 1 aromatic heterocycles. The van der Waals surface area contributed by atoms with Crippen LogP contribution in [-0.4, -0.2) is 26.2 Å². The summed E-state index contributed by atoms with van der Waals surface area (Å²) >= 11 is 0. The van der Waals surface area contributed by atoms with E-state index >= 15 is 0 Å². The molecule has 0 amide bonds. The second-order valence-corrected chi connectivity index (χ2v) is 6.22. The van der Waals surface area contributed by atoms with E-state index in [4.69, 9.17) is 0 Å². The third-order valence-corrected chi connectivity index (χ3v) is 4.37. The minimum Gasteiger partial charge on any atom is -0.506 e. The number of aromatic nitrogens is 2. The van der Waals surface area contributed by atoms with Crippen LogP contribution in [0.4, 0.5) is 13.2 Å². The SMILES string of the molecule is O=C(O)c1c(O)c(-c2cccc(F)c2)cc2nc(-c3ccc(F)c(F)c3)cnc12. The molecule has 3 aromatic carbocycles. The number of hydrogen-bond donors (Lipinski definition) is 2. The van der Waals surface area contributed by atoms with Crippen molar-refractivity contribution in [1.29, 1.82) is 0 Å². The average molecular weight is 396 g/mol. The highest BCUT2D eigenvalue weighted by molar-refractivity contribution is 6.06. The molecule has 4 aromatic rings. The van der Waals surface area contributed by atoms with E-state index in [0.717, 1.165) is 18.2 Å². The first-order chi connectivity index (χ1) is 13.8. The van der Waals surface area contributed by atoms with Gasteiger partial charge in [0.2, 0.25) is 0 Å². The van der Waals surface area contributed by atoms with Crippen LogP contribution in [0.25, 0.3) is 33.4 Å². The Balaban J connectivity index is 1.99. The molecular weight excluding hydrogens is 385 g/mol. The van der Waals surface area contributed by atoms with Gasteiger partial charge >= 0.3 is 5.97 Å². The molecule has 29 heavy (non-hydrogen) atoms. The highest BCUT2D eigenvalue weighted by atomic mass is 19.2. The Morgan fingerprint density at radius 1 is 0.931 bits per heavy atom. The summed E-state index contributed by atoms with van der Waals surface area (Å²) < 4.78 is 40.4. The highest BCUT2D eigenvalue weighted by Crippen LogP contribution is 2.37. The number of phenols is 1. The quantitative estimate of drug-likeness (QED) is 0.521. The summed E-state index contributed by atoms with van der Waals surface area (Å²) in [6.07, 6.45) is 1.20. The molecule has 8 heteroatoms. The normalized spacial score (nSPS) is 11.0. The van der Waals surface area contributed by atoms with Crippen molar-refractivity contribution in [2.45, 2.75) is 0 Å². The Labute approximate surface area is 161 Å². The van der Waals surface area contributed by atoms with Crippen LogP contribution in [0.5, 0.6) is 5.75 Å². The lowest BCUT2D eigenvalue weighted by Crippen LogP contribution is -2.03. The van der Waals surface area contributed by atoms with Gasteiger partial charge in [-0.1, -0.05) is 12.1 Å². The molecule has 0 unspecified atom stereocenters. The van der Waals surface area contributed by atoms with Crippen molar-refractivity contribution in [3.05, 3.63) is 77.7 Å². The molecule has 0 bridgehead atoms. The second kappa shape index (κ2) is 6.90. The Morgan fingerprint density at radius 3 is 2.41 bits per heavy atom. The molecule has 0 radical (unpaired) electrons. The molecule has 144 valence electrons. The van der Waals surface area contributed by atoms with Crippen LogP contribution in [0.2, 0.25) is 0 Å². The van der Waals surface area contributed by atoms with Crippen molar-refractivity contribution < 1.29 is 28.2 Å². The predicted octanol–water partition coefficient (Wildman–Crippen LogP) is 4.78.